The molecule has 3 heteroatoms. The average Bonchev–Trinajstić information content (AvgIpc) is 2.17. The highest BCUT2D eigenvalue weighted by molar-refractivity contribution is 8.02. The van der Waals surface area contributed by atoms with Gasteiger partial charge in [-0.25, -0.2) is 4.99 Å². The van der Waals surface area contributed by atoms with Crippen LogP contribution in [0.25, 0.3) is 0 Å². The van der Waals surface area contributed by atoms with Crippen LogP contribution in [0, 0.1) is 0 Å². The van der Waals surface area contributed by atoms with Crippen LogP contribution in [-0.4, -0.2) is 19.1 Å². The third-order valence-electron chi connectivity index (χ3n) is 1.61. The lowest BCUT2D eigenvalue weighted by atomic mass is 10.3. The van der Waals surface area contributed by atoms with E-state index in [-0.39, 0.29) is 0 Å². The van der Waals surface area contributed by atoms with Crippen molar-refractivity contribution in [3.8, 4) is 0 Å². The Bertz CT molecular complexity index is 231. The monoisotopic (exact) mass is 199 g/mol. The second-order valence-electron chi connectivity index (χ2n) is 2.48. The molecule has 0 amide bonds. The van der Waals surface area contributed by atoms with Gasteiger partial charge in [-0.05, 0) is 25.7 Å². The van der Waals surface area contributed by atoms with Crippen LogP contribution in [0.15, 0.2) is 28.4 Å². The molecule has 0 heterocycles. The zero-order valence-electron chi connectivity index (χ0n) is 8.76. The molecule has 0 aliphatic heterocycles. The minimum absolute atomic E-state index is 0.736. The predicted molar refractivity (Wildman–Crippen MR) is 61.1 cm³/mol. The van der Waals surface area contributed by atoms with E-state index in [4.69, 9.17) is 4.74 Å². The summed E-state index contributed by atoms with van der Waals surface area (Å²) >= 11 is 1.57. The summed E-state index contributed by atoms with van der Waals surface area (Å²) < 4.78 is 5.13. The molecule has 0 aliphatic carbocycles. The van der Waals surface area contributed by atoms with E-state index in [1.54, 1.807) is 24.9 Å². The van der Waals surface area contributed by atoms with Gasteiger partial charge in [0.05, 0.1) is 7.11 Å². The lowest BCUT2D eigenvalue weighted by Gasteiger charge is -2.05. The van der Waals surface area contributed by atoms with Crippen LogP contribution in [0.4, 0.5) is 0 Å². The summed E-state index contributed by atoms with van der Waals surface area (Å²) in [5.74, 6) is 0.736. The van der Waals surface area contributed by atoms with Gasteiger partial charge >= 0.3 is 0 Å². The van der Waals surface area contributed by atoms with Crippen LogP contribution in [0.1, 0.15) is 20.3 Å². The first-order valence-electron chi connectivity index (χ1n) is 4.18. The topological polar surface area (TPSA) is 21.6 Å². The Balaban J connectivity index is 4.85. The van der Waals surface area contributed by atoms with Crippen LogP contribution in [0.3, 0.4) is 0 Å². The molecule has 0 saturated heterocycles. The van der Waals surface area contributed by atoms with Gasteiger partial charge in [0.15, 0.2) is 0 Å². The van der Waals surface area contributed by atoms with Gasteiger partial charge in [0, 0.05) is 5.71 Å². The molecular weight excluding hydrogens is 182 g/mol. The normalized spacial score (nSPS) is 13.7. The van der Waals surface area contributed by atoms with Crippen molar-refractivity contribution in [1.82, 2.24) is 0 Å². The SMILES string of the molecule is C=CC(OC)=C(N=C(C)CC)SC. The van der Waals surface area contributed by atoms with E-state index in [9.17, 15) is 0 Å². The van der Waals surface area contributed by atoms with E-state index in [0.29, 0.717) is 0 Å². The van der Waals surface area contributed by atoms with Crippen molar-refractivity contribution in [3.63, 3.8) is 0 Å². The number of nitrogens with zero attached hydrogens (tertiary/aromatic N) is 1. The van der Waals surface area contributed by atoms with E-state index < -0.39 is 0 Å². The van der Waals surface area contributed by atoms with Crippen molar-refractivity contribution in [2.45, 2.75) is 20.3 Å². The van der Waals surface area contributed by atoms with Crippen LogP contribution >= 0.6 is 11.8 Å². The van der Waals surface area contributed by atoms with Crippen molar-refractivity contribution in [3.05, 3.63) is 23.4 Å². The number of hydrogen-bond acceptors (Lipinski definition) is 3. The summed E-state index contributed by atoms with van der Waals surface area (Å²) in [4.78, 5) is 4.42. The summed E-state index contributed by atoms with van der Waals surface area (Å²) in [5, 5.41) is 0.886. The molecule has 0 rings (SSSR count). The molecule has 13 heavy (non-hydrogen) atoms. The second-order valence-corrected chi connectivity index (χ2v) is 3.28. The smallest absolute Gasteiger partial charge is 0.150 e. The first kappa shape index (κ1) is 12.3. The van der Waals surface area contributed by atoms with Crippen LogP contribution in [-0.2, 0) is 4.74 Å². The summed E-state index contributed by atoms with van der Waals surface area (Å²) in [7, 11) is 1.63. The Labute approximate surface area is 84.8 Å². The molecule has 0 aromatic heterocycles. The Kier molecular flexibility index (Phi) is 6.41. The first-order valence-corrected chi connectivity index (χ1v) is 5.40. The van der Waals surface area contributed by atoms with Crippen molar-refractivity contribution >= 4 is 17.5 Å². The lowest BCUT2D eigenvalue weighted by Crippen LogP contribution is -1.91. The van der Waals surface area contributed by atoms with E-state index in [1.807, 2.05) is 13.2 Å². The Morgan fingerprint density at radius 3 is 2.54 bits per heavy atom. The molecule has 0 aromatic carbocycles. The number of hydrogen-bond donors (Lipinski definition) is 0. The fourth-order valence-electron chi connectivity index (χ4n) is 0.712. The molecule has 0 radical (unpaired) electrons. The van der Waals surface area contributed by atoms with Gasteiger partial charge in [0.1, 0.15) is 10.8 Å². The van der Waals surface area contributed by atoms with Crippen molar-refractivity contribution in [1.29, 1.82) is 0 Å². The molecule has 0 spiro atoms. The van der Waals surface area contributed by atoms with Gasteiger partial charge in [0.25, 0.3) is 0 Å². The summed E-state index contributed by atoms with van der Waals surface area (Å²) in [6, 6.07) is 0. The molecule has 0 saturated carbocycles. The van der Waals surface area contributed by atoms with Crippen LogP contribution < -0.4 is 0 Å². The van der Waals surface area contributed by atoms with Gasteiger partial charge in [-0.15, -0.1) is 11.8 Å². The molecule has 0 aromatic rings. The van der Waals surface area contributed by atoms with Gasteiger partial charge in [-0.1, -0.05) is 13.5 Å². The largest absolute Gasteiger partial charge is 0.494 e. The second kappa shape index (κ2) is 6.78. The zero-order valence-corrected chi connectivity index (χ0v) is 9.57. The highest BCUT2D eigenvalue weighted by atomic mass is 32.2. The first-order chi connectivity index (χ1) is 6.19. The van der Waals surface area contributed by atoms with Crippen molar-refractivity contribution in [2.75, 3.05) is 13.4 Å². The highest BCUT2D eigenvalue weighted by Gasteiger charge is 2.01. The van der Waals surface area contributed by atoms with Crippen molar-refractivity contribution in [2.24, 2.45) is 4.99 Å². The van der Waals surface area contributed by atoms with Crippen LogP contribution in [0.5, 0.6) is 0 Å². The molecule has 0 N–H and O–H groups in total. The third-order valence-corrected chi connectivity index (χ3v) is 2.29. The maximum absolute atomic E-state index is 5.13. The number of ether oxygens (including phenoxy) is 1. The quantitative estimate of drug-likeness (QED) is 0.385. The molecule has 0 unspecified atom stereocenters. The van der Waals surface area contributed by atoms with Gasteiger partial charge in [-0.3, -0.25) is 0 Å². The third kappa shape index (κ3) is 4.18. The number of aliphatic imine (C=N–C) groups is 1. The number of methoxy groups -OCH3 is 1. The molecule has 0 bridgehead atoms. The average molecular weight is 199 g/mol. The fourth-order valence-corrected chi connectivity index (χ4v) is 1.33. The maximum atomic E-state index is 5.13. The minimum atomic E-state index is 0.736. The molecular formula is C10H17NOS. The summed E-state index contributed by atoms with van der Waals surface area (Å²) in [5.41, 5.74) is 1.10. The lowest BCUT2D eigenvalue weighted by molar-refractivity contribution is 0.305. The van der Waals surface area contributed by atoms with Crippen molar-refractivity contribution < 1.29 is 4.74 Å². The fraction of sp³-hybridized carbons (Fsp3) is 0.500. The van der Waals surface area contributed by atoms with E-state index in [1.165, 1.54) is 0 Å². The highest BCUT2D eigenvalue weighted by Crippen LogP contribution is 2.20. The molecule has 2 nitrogen and oxygen atoms in total. The van der Waals surface area contributed by atoms with Crippen LogP contribution in [0.2, 0.25) is 0 Å². The zero-order chi connectivity index (χ0) is 10.3. The predicted octanol–water partition coefficient (Wildman–Crippen LogP) is 3.22. The van der Waals surface area contributed by atoms with Gasteiger partial charge < -0.3 is 4.74 Å². The van der Waals surface area contributed by atoms with Gasteiger partial charge in [-0.2, -0.15) is 0 Å². The standard InChI is InChI=1S/C10H17NOS/c1-6-8(3)11-10(13-5)9(7-2)12-4/h7H,2,6H2,1,3-5H3. The number of rotatable bonds is 5. The van der Waals surface area contributed by atoms with E-state index >= 15 is 0 Å². The van der Waals surface area contributed by atoms with Gasteiger partial charge in [0.2, 0.25) is 0 Å². The molecule has 74 valence electrons. The van der Waals surface area contributed by atoms with E-state index in [2.05, 4.69) is 18.5 Å². The van der Waals surface area contributed by atoms with E-state index in [0.717, 1.165) is 22.9 Å². The summed E-state index contributed by atoms with van der Waals surface area (Å²) in [6.07, 6.45) is 4.61. The maximum Gasteiger partial charge on any atom is 0.150 e. The Morgan fingerprint density at radius 1 is 1.62 bits per heavy atom. The Hall–Kier alpha value is -0.700. The summed E-state index contributed by atoms with van der Waals surface area (Å²) in [6.45, 7) is 7.76. The molecule has 0 atom stereocenters. The Morgan fingerprint density at radius 2 is 2.23 bits per heavy atom. The molecule has 0 fully saturated rings. The number of allylic oxidation sites excluding steroid dienone is 1. The number of thioether (sulfide) groups is 1. The molecule has 0 aliphatic rings. The minimum Gasteiger partial charge on any atom is -0.494 e.